The molecule has 0 aliphatic carbocycles. The summed E-state index contributed by atoms with van der Waals surface area (Å²) in [6.45, 7) is 4.58. The van der Waals surface area contributed by atoms with Gasteiger partial charge in [-0.15, -0.1) is 0 Å². The van der Waals surface area contributed by atoms with E-state index in [0.29, 0.717) is 6.61 Å². The number of rotatable bonds is 0. The average molecular weight is 148 g/mol. The van der Waals surface area contributed by atoms with Crippen LogP contribution in [0, 0.1) is 0 Å². The summed E-state index contributed by atoms with van der Waals surface area (Å²) in [6, 6.07) is 0. The molecule has 3 heteroatoms. The lowest BCUT2D eigenvalue weighted by atomic mass is 10.1. The van der Waals surface area contributed by atoms with E-state index in [1.807, 2.05) is 0 Å². The molecule has 1 aromatic heterocycles. The third kappa shape index (κ3) is 0.981. The summed E-state index contributed by atoms with van der Waals surface area (Å²) in [5.41, 5.74) is 1.89. The van der Waals surface area contributed by atoms with Crippen molar-refractivity contribution in [3.63, 3.8) is 0 Å². The third-order valence-corrected chi connectivity index (χ3v) is 1.67. The largest absolute Gasteiger partial charge is 0.489 e. The minimum Gasteiger partial charge on any atom is -0.489 e. The molecule has 0 saturated carbocycles. The van der Waals surface area contributed by atoms with Gasteiger partial charge in [-0.25, -0.2) is 9.97 Å². The highest BCUT2D eigenvalue weighted by molar-refractivity contribution is 5.66. The Labute approximate surface area is 64.7 Å². The molecule has 2 heterocycles. The van der Waals surface area contributed by atoms with Gasteiger partial charge in [0.15, 0.2) is 5.75 Å². The van der Waals surface area contributed by atoms with Crippen LogP contribution < -0.4 is 4.74 Å². The molecule has 0 aromatic carbocycles. The zero-order chi connectivity index (χ0) is 7.68. The van der Waals surface area contributed by atoms with Crippen LogP contribution in [0.25, 0.3) is 5.57 Å². The molecule has 1 aromatic rings. The summed E-state index contributed by atoms with van der Waals surface area (Å²) in [6.07, 6.45) is 4.05. The smallest absolute Gasteiger partial charge is 0.163 e. The van der Waals surface area contributed by atoms with Crippen LogP contribution in [-0.4, -0.2) is 16.6 Å². The minimum atomic E-state index is 0.694. The van der Waals surface area contributed by atoms with E-state index in [9.17, 15) is 0 Å². The Morgan fingerprint density at radius 1 is 1.55 bits per heavy atom. The van der Waals surface area contributed by atoms with E-state index in [2.05, 4.69) is 16.5 Å². The molecule has 56 valence electrons. The van der Waals surface area contributed by atoms with Crippen LogP contribution in [0.1, 0.15) is 12.1 Å². The monoisotopic (exact) mass is 148 g/mol. The van der Waals surface area contributed by atoms with E-state index in [1.165, 1.54) is 6.33 Å². The molecule has 11 heavy (non-hydrogen) atoms. The summed E-state index contributed by atoms with van der Waals surface area (Å²) in [5, 5.41) is 0. The topological polar surface area (TPSA) is 35.0 Å². The molecular formula is C8H8N2O. The van der Waals surface area contributed by atoms with Crippen LogP contribution in [0.4, 0.5) is 0 Å². The number of ether oxygens (including phenoxy) is 1. The highest BCUT2D eigenvalue weighted by Crippen LogP contribution is 2.27. The average Bonchev–Trinajstić information content (AvgIpc) is 2.06. The number of hydrogen-bond donors (Lipinski definition) is 0. The van der Waals surface area contributed by atoms with Crippen LogP contribution in [0.3, 0.4) is 0 Å². The van der Waals surface area contributed by atoms with Crippen molar-refractivity contribution in [2.75, 3.05) is 6.61 Å². The first-order chi connectivity index (χ1) is 5.38. The van der Waals surface area contributed by atoms with E-state index >= 15 is 0 Å². The van der Waals surface area contributed by atoms with E-state index in [1.54, 1.807) is 6.20 Å². The lowest BCUT2D eigenvalue weighted by Gasteiger charge is -2.16. The predicted molar refractivity (Wildman–Crippen MR) is 41.2 cm³/mol. The molecule has 0 N–H and O–H groups in total. The van der Waals surface area contributed by atoms with Gasteiger partial charge in [0, 0.05) is 6.42 Å². The normalized spacial score (nSPS) is 15.5. The van der Waals surface area contributed by atoms with Gasteiger partial charge in [-0.05, 0) is 5.57 Å². The number of fused-ring (bicyclic) bond motifs is 1. The lowest BCUT2D eigenvalue weighted by Crippen LogP contribution is -2.08. The Balaban J connectivity index is 2.52. The first-order valence-electron chi connectivity index (χ1n) is 3.49. The molecule has 2 rings (SSSR count). The van der Waals surface area contributed by atoms with Gasteiger partial charge in [-0.3, -0.25) is 0 Å². The Bertz CT molecular complexity index is 296. The van der Waals surface area contributed by atoms with Crippen LogP contribution in [0.15, 0.2) is 19.1 Å². The van der Waals surface area contributed by atoms with Crippen molar-refractivity contribution in [2.24, 2.45) is 0 Å². The van der Waals surface area contributed by atoms with Gasteiger partial charge in [0.25, 0.3) is 0 Å². The van der Waals surface area contributed by atoms with Crippen molar-refractivity contribution < 1.29 is 4.74 Å². The Morgan fingerprint density at radius 3 is 3.27 bits per heavy atom. The van der Waals surface area contributed by atoms with E-state index in [4.69, 9.17) is 4.74 Å². The van der Waals surface area contributed by atoms with Gasteiger partial charge in [0.05, 0.1) is 12.8 Å². The van der Waals surface area contributed by atoms with Gasteiger partial charge >= 0.3 is 0 Å². The van der Waals surface area contributed by atoms with Crippen LogP contribution in [0.2, 0.25) is 0 Å². The predicted octanol–water partition coefficient (Wildman–Crippen LogP) is 1.27. The Morgan fingerprint density at radius 2 is 2.45 bits per heavy atom. The summed E-state index contributed by atoms with van der Waals surface area (Å²) >= 11 is 0. The SMILES string of the molecule is C=C1CCOc2cncnc21. The molecular weight excluding hydrogens is 140 g/mol. The Hall–Kier alpha value is -1.38. The van der Waals surface area contributed by atoms with Crippen molar-refractivity contribution in [3.8, 4) is 5.75 Å². The standard InChI is InChI=1S/C8H8N2O/c1-6-2-3-11-7-4-9-5-10-8(6)7/h4-5H,1-3H2. The van der Waals surface area contributed by atoms with Crippen molar-refractivity contribution in [1.29, 1.82) is 0 Å². The van der Waals surface area contributed by atoms with E-state index in [-0.39, 0.29) is 0 Å². The molecule has 0 atom stereocenters. The van der Waals surface area contributed by atoms with E-state index in [0.717, 1.165) is 23.4 Å². The maximum absolute atomic E-state index is 5.31. The summed E-state index contributed by atoms with van der Waals surface area (Å²) in [5.74, 6) is 0.753. The Kier molecular flexibility index (Phi) is 1.35. The zero-order valence-electron chi connectivity index (χ0n) is 6.08. The highest BCUT2D eigenvalue weighted by atomic mass is 16.5. The van der Waals surface area contributed by atoms with Crippen molar-refractivity contribution in [1.82, 2.24) is 9.97 Å². The van der Waals surface area contributed by atoms with Crippen molar-refractivity contribution in [2.45, 2.75) is 6.42 Å². The minimum absolute atomic E-state index is 0.694. The second-order valence-corrected chi connectivity index (χ2v) is 2.44. The maximum atomic E-state index is 5.31. The molecule has 0 unspecified atom stereocenters. The zero-order valence-corrected chi connectivity index (χ0v) is 6.08. The lowest BCUT2D eigenvalue weighted by molar-refractivity contribution is 0.313. The summed E-state index contributed by atoms with van der Waals surface area (Å²) in [4.78, 5) is 7.92. The van der Waals surface area contributed by atoms with Gasteiger partial charge in [-0.2, -0.15) is 0 Å². The molecule has 1 aliphatic rings. The highest BCUT2D eigenvalue weighted by Gasteiger charge is 2.13. The van der Waals surface area contributed by atoms with Crippen LogP contribution in [-0.2, 0) is 0 Å². The van der Waals surface area contributed by atoms with Crippen molar-refractivity contribution >= 4 is 5.57 Å². The second kappa shape index (κ2) is 2.34. The number of hydrogen-bond acceptors (Lipinski definition) is 3. The quantitative estimate of drug-likeness (QED) is 0.555. The fourth-order valence-electron chi connectivity index (χ4n) is 1.09. The third-order valence-electron chi connectivity index (χ3n) is 1.67. The first kappa shape index (κ1) is 6.34. The molecule has 0 amide bonds. The fraction of sp³-hybridized carbons (Fsp3) is 0.250. The van der Waals surface area contributed by atoms with Crippen LogP contribution in [0.5, 0.6) is 5.75 Å². The molecule has 0 radical (unpaired) electrons. The number of aromatic nitrogens is 2. The van der Waals surface area contributed by atoms with Crippen molar-refractivity contribution in [3.05, 3.63) is 24.8 Å². The molecule has 0 saturated heterocycles. The van der Waals surface area contributed by atoms with Gasteiger partial charge in [-0.1, -0.05) is 6.58 Å². The number of nitrogens with zero attached hydrogens (tertiary/aromatic N) is 2. The maximum Gasteiger partial charge on any atom is 0.163 e. The second-order valence-electron chi connectivity index (χ2n) is 2.44. The molecule has 3 nitrogen and oxygen atoms in total. The molecule has 0 fully saturated rings. The van der Waals surface area contributed by atoms with Gasteiger partial charge in [0.1, 0.15) is 12.0 Å². The fourth-order valence-corrected chi connectivity index (χ4v) is 1.09. The van der Waals surface area contributed by atoms with Crippen LogP contribution >= 0.6 is 0 Å². The summed E-state index contributed by atoms with van der Waals surface area (Å²) in [7, 11) is 0. The summed E-state index contributed by atoms with van der Waals surface area (Å²) < 4.78 is 5.31. The van der Waals surface area contributed by atoms with Gasteiger partial charge < -0.3 is 4.74 Å². The molecule has 1 aliphatic heterocycles. The molecule has 0 bridgehead atoms. The first-order valence-corrected chi connectivity index (χ1v) is 3.49. The molecule has 0 spiro atoms. The van der Waals surface area contributed by atoms with Gasteiger partial charge in [0.2, 0.25) is 0 Å². The van der Waals surface area contributed by atoms with E-state index < -0.39 is 0 Å².